The van der Waals surface area contributed by atoms with E-state index >= 15 is 0 Å². The van der Waals surface area contributed by atoms with Crippen LogP contribution in [0.15, 0.2) is 81.2 Å². The number of unbranched alkanes of at least 4 members (excludes halogenated alkanes) is 2. The molecule has 4 rings (SSSR count). The van der Waals surface area contributed by atoms with Crippen molar-refractivity contribution in [2.45, 2.75) is 74.3 Å². The number of benzene rings is 2. The van der Waals surface area contributed by atoms with E-state index in [4.69, 9.17) is 14.2 Å². The first kappa shape index (κ1) is 38.3. The molecule has 0 aliphatic rings. The summed E-state index contributed by atoms with van der Waals surface area (Å²) in [5.74, 6) is 0.240. The van der Waals surface area contributed by atoms with Crippen molar-refractivity contribution >= 4 is 48.3 Å². The number of hydrogen-bond donors (Lipinski definition) is 0. The summed E-state index contributed by atoms with van der Waals surface area (Å²) in [4.78, 5) is 13.6. The molecule has 0 bridgehead atoms. The standard InChI is InChI=1S/C20H26O5S2.C15H18O3S2/c1-5-6-13-24-16-9-7-15(8-10-16)17-11-12-19(26-17)27(22,23)14-18(21)25-20(2,3)4;1-3-4-11-18-13-7-5-12(6-8-13)14-9-10-15(19-14)20(2,16)17/h7-12H,5-6,13-14H2,1-4H3;5-10H,3-4,11H2,1-2H3. The number of rotatable bonds is 14. The van der Waals surface area contributed by atoms with E-state index in [1.54, 1.807) is 32.9 Å². The third-order valence-corrected chi connectivity index (χ3v) is 12.6. The third kappa shape index (κ3) is 12.7. The lowest BCUT2D eigenvalue weighted by Gasteiger charge is -2.19. The van der Waals surface area contributed by atoms with Crippen LogP contribution < -0.4 is 9.47 Å². The first-order valence-corrected chi connectivity index (χ1v) is 20.6. The Labute approximate surface area is 287 Å². The Balaban J connectivity index is 0.000000267. The summed E-state index contributed by atoms with van der Waals surface area (Å²) >= 11 is 2.44. The zero-order valence-corrected chi connectivity index (χ0v) is 31.0. The van der Waals surface area contributed by atoms with Crippen LogP contribution >= 0.6 is 22.7 Å². The zero-order chi connectivity index (χ0) is 34.7. The molecule has 12 heteroatoms. The molecule has 256 valence electrons. The van der Waals surface area contributed by atoms with E-state index in [0.717, 1.165) is 76.0 Å². The maximum atomic E-state index is 12.5. The summed E-state index contributed by atoms with van der Waals surface area (Å²) in [6.07, 6.45) is 5.47. The fraction of sp³-hybridized carbons (Fsp3) is 0.400. The molecule has 0 saturated heterocycles. The van der Waals surface area contributed by atoms with Crippen LogP contribution in [0.3, 0.4) is 0 Å². The van der Waals surface area contributed by atoms with Gasteiger partial charge in [-0.3, -0.25) is 4.79 Å². The van der Waals surface area contributed by atoms with Gasteiger partial charge in [-0.05, 0) is 118 Å². The summed E-state index contributed by atoms with van der Waals surface area (Å²) in [6.45, 7) is 10.8. The fourth-order valence-corrected chi connectivity index (χ4v) is 8.43. The van der Waals surface area contributed by atoms with Gasteiger partial charge < -0.3 is 14.2 Å². The zero-order valence-electron chi connectivity index (χ0n) is 27.8. The number of thiophene rings is 2. The highest BCUT2D eigenvalue weighted by molar-refractivity contribution is 7.94. The number of carbonyl (C=O) groups is 1. The van der Waals surface area contributed by atoms with E-state index in [-0.39, 0.29) is 4.21 Å². The van der Waals surface area contributed by atoms with Crippen LogP contribution in [-0.4, -0.2) is 53.6 Å². The number of carbonyl (C=O) groups excluding carboxylic acids is 1. The van der Waals surface area contributed by atoms with Crippen LogP contribution in [-0.2, 0) is 29.2 Å². The van der Waals surface area contributed by atoms with Crippen LogP contribution in [0, 0.1) is 0 Å². The molecule has 2 aromatic carbocycles. The van der Waals surface area contributed by atoms with Gasteiger partial charge in [-0.1, -0.05) is 26.7 Å². The highest BCUT2D eigenvalue weighted by Gasteiger charge is 2.26. The molecule has 0 unspecified atom stereocenters. The number of esters is 1. The quantitative estimate of drug-likeness (QED) is 0.0939. The Morgan fingerprint density at radius 3 is 1.47 bits per heavy atom. The molecule has 0 aliphatic heterocycles. The van der Waals surface area contributed by atoms with E-state index in [1.165, 1.54) is 23.7 Å². The van der Waals surface area contributed by atoms with Crippen molar-refractivity contribution < 1.29 is 35.8 Å². The first-order valence-electron chi connectivity index (χ1n) is 15.4. The smallest absolute Gasteiger partial charge is 0.322 e. The van der Waals surface area contributed by atoms with E-state index < -0.39 is 37.0 Å². The second kappa shape index (κ2) is 17.3. The molecular formula is C35H44O8S4. The minimum absolute atomic E-state index is 0.159. The lowest BCUT2D eigenvalue weighted by Crippen LogP contribution is -2.28. The van der Waals surface area contributed by atoms with Crippen LogP contribution in [0.25, 0.3) is 20.9 Å². The number of sulfone groups is 2. The minimum Gasteiger partial charge on any atom is -0.494 e. The van der Waals surface area contributed by atoms with Gasteiger partial charge in [0.05, 0.1) is 13.2 Å². The van der Waals surface area contributed by atoms with E-state index in [0.29, 0.717) is 10.8 Å². The fourth-order valence-electron chi connectivity index (χ4n) is 4.01. The van der Waals surface area contributed by atoms with Gasteiger partial charge in [0.25, 0.3) is 0 Å². The molecule has 0 N–H and O–H groups in total. The summed E-state index contributed by atoms with van der Waals surface area (Å²) in [7, 11) is -6.84. The van der Waals surface area contributed by atoms with Crippen molar-refractivity contribution in [3.8, 4) is 32.4 Å². The molecule has 2 heterocycles. The predicted molar refractivity (Wildman–Crippen MR) is 191 cm³/mol. The molecule has 47 heavy (non-hydrogen) atoms. The maximum absolute atomic E-state index is 12.5. The lowest BCUT2D eigenvalue weighted by molar-refractivity contribution is -0.151. The maximum Gasteiger partial charge on any atom is 0.322 e. The van der Waals surface area contributed by atoms with Gasteiger partial charge in [0.2, 0.25) is 0 Å². The molecule has 2 aromatic heterocycles. The minimum atomic E-state index is -3.72. The molecule has 8 nitrogen and oxygen atoms in total. The van der Waals surface area contributed by atoms with E-state index in [2.05, 4.69) is 13.8 Å². The Hall–Kier alpha value is -3.19. The van der Waals surface area contributed by atoms with Gasteiger partial charge in [0, 0.05) is 16.0 Å². The molecule has 0 spiro atoms. The lowest BCUT2D eigenvalue weighted by atomic mass is 10.2. The Morgan fingerprint density at radius 2 is 1.09 bits per heavy atom. The van der Waals surface area contributed by atoms with Gasteiger partial charge in [0.15, 0.2) is 25.4 Å². The van der Waals surface area contributed by atoms with Gasteiger partial charge in [0.1, 0.15) is 25.5 Å². The summed E-state index contributed by atoms with van der Waals surface area (Å²) in [6, 6.07) is 22.1. The molecule has 0 fully saturated rings. The second-order valence-electron chi connectivity index (χ2n) is 11.8. The molecule has 0 saturated carbocycles. The average Bonchev–Trinajstić information content (AvgIpc) is 3.69. The molecule has 4 aromatic rings. The summed E-state index contributed by atoms with van der Waals surface area (Å²) < 4.78 is 64.8. The molecule has 0 aliphatic carbocycles. The van der Waals surface area contributed by atoms with Crippen LogP contribution in [0.2, 0.25) is 0 Å². The Kier molecular flexibility index (Phi) is 14.1. The Morgan fingerprint density at radius 1 is 0.660 bits per heavy atom. The SMILES string of the molecule is CCCCOc1ccc(-c2ccc(S(=O)(=O)CC(=O)OC(C)(C)C)s2)cc1.CCCCOc1ccc(-c2ccc(S(C)(=O)=O)s2)cc1. The normalized spacial score (nSPS) is 11.8. The van der Waals surface area contributed by atoms with Gasteiger partial charge in [-0.2, -0.15) is 0 Å². The molecule has 0 radical (unpaired) electrons. The largest absolute Gasteiger partial charge is 0.494 e. The monoisotopic (exact) mass is 720 g/mol. The second-order valence-corrected chi connectivity index (χ2v) is 18.4. The average molecular weight is 721 g/mol. The van der Waals surface area contributed by atoms with Crippen molar-refractivity contribution in [1.29, 1.82) is 0 Å². The summed E-state index contributed by atoms with van der Waals surface area (Å²) in [5.41, 5.74) is 1.20. The first-order chi connectivity index (χ1) is 22.1. The molecule has 0 atom stereocenters. The van der Waals surface area contributed by atoms with Crippen LogP contribution in [0.5, 0.6) is 11.5 Å². The van der Waals surface area contributed by atoms with Crippen molar-refractivity contribution in [2.75, 3.05) is 25.2 Å². The van der Waals surface area contributed by atoms with Crippen LogP contribution in [0.4, 0.5) is 0 Å². The predicted octanol–water partition coefficient (Wildman–Crippen LogP) is 8.71. The highest BCUT2D eigenvalue weighted by Crippen LogP contribution is 2.33. The molecule has 0 amide bonds. The third-order valence-electron chi connectivity index (χ3n) is 6.37. The van der Waals surface area contributed by atoms with E-state index in [1.807, 2.05) is 54.6 Å². The van der Waals surface area contributed by atoms with Crippen molar-refractivity contribution in [3.05, 3.63) is 72.8 Å². The van der Waals surface area contributed by atoms with Crippen LogP contribution in [0.1, 0.15) is 60.3 Å². The number of hydrogen-bond acceptors (Lipinski definition) is 10. The van der Waals surface area contributed by atoms with Crippen molar-refractivity contribution in [3.63, 3.8) is 0 Å². The Bertz CT molecular complexity index is 1780. The van der Waals surface area contributed by atoms with Crippen molar-refractivity contribution in [2.24, 2.45) is 0 Å². The van der Waals surface area contributed by atoms with Crippen molar-refractivity contribution in [1.82, 2.24) is 0 Å². The topological polar surface area (TPSA) is 113 Å². The van der Waals surface area contributed by atoms with E-state index in [9.17, 15) is 21.6 Å². The van der Waals surface area contributed by atoms with Gasteiger partial charge in [-0.15, -0.1) is 22.7 Å². The highest BCUT2D eigenvalue weighted by atomic mass is 32.2. The van der Waals surface area contributed by atoms with Gasteiger partial charge >= 0.3 is 5.97 Å². The van der Waals surface area contributed by atoms with Gasteiger partial charge in [-0.25, -0.2) is 16.8 Å². The molecular weight excluding hydrogens is 677 g/mol. The summed E-state index contributed by atoms with van der Waals surface area (Å²) in [5, 5.41) is 0. The number of ether oxygens (including phenoxy) is 3.